The van der Waals surface area contributed by atoms with Crippen LogP contribution in [0.3, 0.4) is 0 Å². The minimum atomic E-state index is -2.87. The molecule has 2 atom stereocenters. The summed E-state index contributed by atoms with van der Waals surface area (Å²) in [6.45, 7) is 0. The van der Waals surface area contributed by atoms with Gasteiger partial charge in [-0.2, -0.15) is 0 Å². The summed E-state index contributed by atoms with van der Waals surface area (Å²) >= 11 is 1.99. The van der Waals surface area contributed by atoms with Gasteiger partial charge in [-0.25, -0.2) is 0 Å². The van der Waals surface area contributed by atoms with E-state index in [9.17, 15) is 34.8 Å². The van der Waals surface area contributed by atoms with Gasteiger partial charge < -0.3 is 31.0 Å². The molecule has 0 saturated heterocycles. The lowest BCUT2D eigenvalue weighted by molar-refractivity contribution is -0.134. The first-order valence-electron chi connectivity index (χ1n) is 8.88. The fourth-order valence-electron chi connectivity index (χ4n) is 4.21. The van der Waals surface area contributed by atoms with Gasteiger partial charge in [0.1, 0.15) is 29.9 Å². The molecule has 11 heteroatoms. The van der Waals surface area contributed by atoms with Crippen LogP contribution >= 0.6 is 22.6 Å². The van der Waals surface area contributed by atoms with Crippen molar-refractivity contribution in [2.45, 2.75) is 12.0 Å². The Labute approximate surface area is 187 Å². The smallest absolute Gasteiger partial charge is 0.256 e. The lowest BCUT2D eigenvalue weighted by Crippen LogP contribution is -2.62. The molecule has 0 heterocycles. The van der Waals surface area contributed by atoms with Gasteiger partial charge in [-0.05, 0) is 52.8 Å². The molecule has 6 N–H and O–H groups in total. The molecule has 0 saturated carbocycles. The summed E-state index contributed by atoms with van der Waals surface area (Å²) in [5.41, 5.74) is 0.795. The van der Waals surface area contributed by atoms with Gasteiger partial charge in [0.2, 0.25) is 11.6 Å². The highest BCUT2D eigenvalue weighted by Crippen LogP contribution is 2.47. The zero-order valence-electron chi connectivity index (χ0n) is 15.8. The monoisotopic (exact) mass is 538 g/mol. The first kappa shape index (κ1) is 21.1. The predicted octanol–water partition coefficient (Wildman–Crippen LogP) is 0.824. The summed E-state index contributed by atoms with van der Waals surface area (Å²) in [5, 5.41) is 46.8. The number of ketones is 2. The molecular weight excluding hydrogens is 523 g/mol. The fraction of sp³-hybridized carbons (Fsp3) is 0.200. The molecule has 0 spiro atoms. The Morgan fingerprint density at radius 2 is 1.94 bits per heavy atom. The summed E-state index contributed by atoms with van der Waals surface area (Å²) in [6.07, 6.45) is -0.211. The van der Waals surface area contributed by atoms with Crippen molar-refractivity contribution in [2.75, 3.05) is 7.11 Å². The van der Waals surface area contributed by atoms with Gasteiger partial charge in [0.25, 0.3) is 5.91 Å². The number of aliphatic hydroxyl groups is 2. The summed E-state index contributed by atoms with van der Waals surface area (Å²) in [4.78, 5) is 42.9. The molecule has 31 heavy (non-hydrogen) atoms. The van der Waals surface area contributed by atoms with E-state index in [1.807, 2.05) is 22.6 Å². The second kappa shape index (κ2) is 6.92. The number of Topliss-reactive ketones (excluding diaryl/α,β-unsaturated/α-hetero) is 2. The topological polar surface area (TPSA) is 180 Å². The number of oxime groups is 1. The minimum Gasteiger partial charge on any atom is -0.507 e. The Morgan fingerprint density at radius 3 is 2.55 bits per heavy atom. The van der Waals surface area contributed by atoms with Crippen LogP contribution in [0.15, 0.2) is 34.7 Å². The molecule has 160 valence electrons. The average Bonchev–Trinajstić information content (AvgIpc) is 2.70. The largest absolute Gasteiger partial charge is 0.507 e. The lowest BCUT2D eigenvalue weighted by Gasteiger charge is -2.41. The number of aromatic hydroxyl groups is 2. The van der Waals surface area contributed by atoms with Crippen LogP contribution in [-0.4, -0.2) is 56.3 Å². The molecule has 0 fully saturated rings. The van der Waals surface area contributed by atoms with Crippen LogP contribution in [-0.2, 0) is 20.8 Å². The number of fused-ring (bicyclic) bond motifs is 3. The van der Waals surface area contributed by atoms with Crippen LogP contribution in [0.1, 0.15) is 15.9 Å². The maximum atomic E-state index is 13.4. The van der Waals surface area contributed by atoms with Crippen molar-refractivity contribution in [2.24, 2.45) is 16.8 Å². The van der Waals surface area contributed by atoms with Crippen molar-refractivity contribution in [3.63, 3.8) is 0 Å². The fourth-order valence-corrected chi connectivity index (χ4v) is 4.81. The molecule has 2 aromatic carbocycles. The SMILES string of the molecule is CO/N=C1\C(O)=C(C(N)=O)C(=O)[C@@]2(O)C(=O)c3c(cc4c(I)ccc(O)c4c3O)C[C@@H]12. The number of nitrogens with two attached hydrogens (primary N) is 1. The third-order valence-corrected chi connectivity index (χ3v) is 6.54. The number of rotatable bonds is 2. The van der Waals surface area contributed by atoms with Gasteiger partial charge in [-0.3, -0.25) is 14.4 Å². The van der Waals surface area contributed by atoms with Crippen molar-refractivity contribution in [1.29, 1.82) is 0 Å². The maximum absolute atomic E-state index is 13.4. The van der Waals surface area contributed by atoms with E-state index < -0.39 is 51.8 Å². The number of phenols is 2. The number of allylic oxidation sites excluding steroid dienone is 1. The number of amides is 1. The Morgan fingerprint density at radius 1 is 1.26 bits per heavy atom. The Hall–Kier alpha value is -3.19. The van der Waals surface area contributed by atoms with E-state index in [2.05, 4.69) is 9.99 Å². The van der Waals surface area contributed by atoms with E-state index >= 15 is 0 Å². The van der Waals surface area contributed by atoms with E-state index in [0.717, 1.165) is 7.11 Å². The number of hydrogen-bond acceptors (Lipinski definition) is 9. The van der Waals surface area contributed by atoms with Crippen LogP contribution in [0.2, 0.25) is 0 Å². The number of nitrogens with zero attached hydrogens (tertiary/aromatic N) is 1. The quantitative estimate of drug-likeness (QED) is 0.161. The lowest BCUT2D eigenvalue weighted by atomic mass is 9.62. The third-order valence-electron chi connectivity index (χ3n) is 5.60. The first-order valence-corrected chi connectivity index (χ1v) is 9.95. The zero-order valence-corrected chi connectivity index (χ0v) is 18.0. The van der Waals surface area contributed by atoms with Crippen LogP contribution in [0.5, 0.6) is 11.5 Å². The van der Waals surface area contributed by atoms with Gasteiger partial charge in [-0.1, -0.05) is 5.16 Å². The van der Waals surface area contributed by atoms with Gasteiger partial charge >= 0.3 is 0 Å². The second-order valence-corrected chi connectivity index (χ2v) is 8.34. The van der Waals surface area contributed by atoms with E-state index in [4.69, 9.17) is 5.73 Å². The highest BCUT2D eigenvalue weighted by Gasteiger charge is 2.62. The summed E-state index contributed by atoms with van der Waals surface area (Å²) in [6, 6.07) is 4.49. The van der Waals surface area contributed by atoms with Crippen molar-refractivity contribution < 1.29 is 39.6 Å². The molecule has 2 aliphatic rings. The number of phenolic OH excluding ortho intramolecular Hbond substituents is 2. The van der Waals surface area contributed by atoms with Crippen molar-refractivity contribution >= 4 is 56.5 Å². The Bertz CT molecular complexity index is 1280. The molecule has 1 amide bonds. The molecule has 0 aliphatic heterocycles. The maximum Gasteiger partial charge on any atom is 0.256 e. The first-order chi connectivity index (χ1) is 14.5. The molecule has 0 radical (unpaired) electrons. The molecule has 0 unspecified atom stereocenters. The van der Waals surface area contributed by atoms with Gasteiger partial charge in [0.05, 0.1) is 16.9 Å². The van der Waals surface area contributed by atoms with Gasteiger partial charge in [0, 0.05) is 8.96 Å². The van der Waals surface area contributed by atoms with Crippen molar-refractivity contribution in [3.8, 4) is 11.5 Å². The number of halogens is 1. The number of primary amides is 1. The van der Waals surface area contributed by atoms with Crippen molar-refractivity contribution in [1.82, 2.24) is 0 Å². The third kappa shape index (κ3) is 2.66. The van der Waals surface area contributed by atoms with Crippen molar-refractivity contribution in [3.05, 3.63) is 44.2 Å². The number of benzene rings is 2. The highest BCUT2D eigenvalue weighted by atomic mass is 127. The van der Waals surface area contributed by atoms with Crippen LogP contribution in [0, 0.1) is 9.49 Å². The second-order valence-electron chi connectivity index (χ2n) is 7.18. The normalized spacial score (nSPS) is 24.4. The molecule has 0 bridgehead atoms. The van der Waals surface area contributed by atoms with E-state index in [1.165, 1.54) is 6.07 Å². The Kier molecular flexibility index (Phi) is 4.70. The van der Waals surface area contributed by atoms with E-state index in [-0.39, 0.29) is 28.7 Å². The Balaban J connectivity index is 2.07. The molecule has 4 rings (SSSR count). The molecule has 2 aliphatic carbocycles. The number of aliphatic hydroxyl groups excluding tert-OH is 1. The van der Waals surface area contributed by atoms with Crippen LogP contribution in [0.25, 0.3) is 10.8 Å². The minimum absolute atomic E-state index is 0.0244. The number of hydrogen-bond donors (Lipinski definition) is 5. The molecule has 0 aromatic heterocycles. The predicted molar refractivity (Wildman–Crippen MR) is 115 cm³/mol. The average molecular weight is 538 g/mol. The van der Waals surface area contributed by atoms with Crippen LogP contribution in [0.4, 0.5) is 0 Å². The van der Waals surface area contributed by atoms with Gasteiger partial charge in [0.15, 0.2) is 11.4 Å². The summed E-state index contributed by atoms with van der Waals surface area (Å²) in [7, 11) is 1.14. The molecule has 10 nitrogen and oxygen atoms in total. The van der Waals surface area contributed by atoms with Gasteiger partial charge in [-0.15, -0.1) is 0 Å². The van der Waals surface area contributed by atoms with Crippen LogP contribution < -0.4 is 5.73 Å². The zero-order chi connectivity index (χ0) is 22.8. The molecular formula is C20H15IN2O8. The highest BCUT2D eigenvalue weighted by molar-refractivity contribution is 14.1. The summed E-state index contributed by atoms with van der Waals surface area (Å²) < 4.78 is 0.668. The summed E-state index contributed by atoms with van der Waals surface area (Å²) in [5.74, 6) is -7.19. The number of carbonyl (C=O) groups is 3. The molecule has 2 aromatic rings. The standard InChI is InChI=1S/C20H15IN2O8/c1-31-23-14-8-5-6-4-7-9(21)2-3-10(24)12(7)15(25)11(6)17(27)20(8,30)18(28)13(16(14)26)19(22)29/h2-4,8,24-26,30H,5H2,1H3,(H2,22,29)/b23-14-/t8-,20-/m0/s1. The van der Waals surface area contributed by atoms with E-state index in [0.29, 0.717) is 8.96 Å². The van der Waals surface area contributed by atoms with E-state index in [1.54, 1.807) is 12.1 Å². The number of carbonyl (C=O) groups excluding carboxylic acids is 3.